The van der Waals surface area contributed by atoms with Gasteiger partial charge in [-0.25, -0.2) is 23.1 Å². The van der Waals surface area contributed by atoms with Crippen LogP contribution in [0, 0.1) is 5.82 Å². The highest BCUT2D eigenvalue weighted by Gasteiger charge is 2.20. The number of fused-ring (bicyclic) bond motifs is 1. The molecule has 2 heterocycles. The van der Waals surface area contributed by atoms with Crippen LogP contribution in [0.15, 0.2) is 48.0 Å². The van der Waals surface area contributed by atoms with E-state index in [-0.39, 0.29) is 33.5 Å². The lowest BCUT2D eigenvalue weighted by Gasteiger charge is -2.05. The summed E-state index contributed by atoms with van der Waals surface area (Å²) in [5, 5.41) is 4.61. The molecule has 0 aliphatic carbocycles. The quantitative estimate of drug-likeness (QED) is 0.516. The zero-order valence-electron chi connectivity index (χ0n) is 13.5. The summed E-state index contributed by atoms with van der Waals surface area (Å²) >= 11 is 1.21. The Bertz CT molecular complexity index is 1130. The fourth-order valence-corrected chi connectivity index (χ4v) is 3.26. The predicted molar refractivity (Wildman–Crippen MR) is 96.5 cm³/mol. The van der Waals surface area contributed by atoms with Crippen LogP contribution in [0.1, 0.15) is 22.3 Å². The van der Waals surface area contributed by atoms with E-state index in [2.05, 4.69) is 20.3 Å². The first-order chi connectivity index (χ1) is 13.0. The number of rotatable bonds is 4. The molecule has 4 aromatic rings. The molecule has 0 spiro atoms. The van der Waals surface area contributed by atoms with Crippen LogP contribution in [-0.4, -0.2) is 20.9 Å². The van der Waals surface area contributed by atoms with Gasteiger partial charge in [0.05, 0.1) is 11.1 Å². The molecule has 2 aromatic heterocycles. The number of carbonyl (C=O) groups excluding carboxylic acids is 1. The summed E-state index contributed by atoms with van der Waals surface area (Å²) in [7, 11) is 0. The molecule has 0 unspecified atom stereocenters. The molecule has 4 rings (SSSR count). The highest BCUT2D eigenvalue weighted by atomic mass is 32.1. The van der Waals surface area contributed by atoms with Crippen molar-refractivity contribution in [1.82, 2.24) is 15.0 Å². The van der Waals surface area contributed by atoms with E-state index in [1.54, 1.807) is 11.4 Å². The molecule has 0 saturated carbocycles. The van der Waals surface area contributed by atoms with E-state index >= 15 is 0 Å². The van der Waals surface area contributed by atoms with Gasteiger partial charge in [-0.3, -0.25) is 10.1 Å². The summed E-state index contributed by atoms with van der Waals surface area (Å²) < 4.78 is 40.6. The number of hydrogen-bond acceptors (Lipinski definition) is 4. The van der Waals surface area contributed by atoms with Crippen molar-refractivity contribution >= 4 is 33.4 Å². The van der Waals surface area contributed by atoms with Crippen molar-refractivity contribution in [3.05, 3.63) is 64.9 Å². The predicted octanol–water partition coefficient (Wildman–Crippen LogP) is 5.02. The Balaban J connectivity index is 1.82. The number of nitrogens with one attached hydrogen (secondary N) is 2. The Kier molecular flexibility index (Phi) is 4.36. The number of thiazole rings is 1. The van der Waals surface area contributed by atoms with Crippen molar-refractivity contribution in [2.75, 3.05) is 5.32 Å². The largest absolute Gasteiger partial charge is 0.338 e. The fourth-order valence-electron chi connectivity index (χ4n) is 2.74. The maximum Gasteiger partial charge on any atom is 0.264 e. The van der Waals surface area contributed by atoms with Crippen molar-refractivity contribution < 1.29 is 18.0 Å². The molecule has 2 N–H and O–H groups in total. The standard InChI is InChI=1S/C18H11F3N4OS/c19-9-7-12(17(26)25-18-22-5-6-27-18)14-13(8-9)23-16(24-14)11-4-2-1-3-10(11)15(20)21/h1-8,15H,(H,23,24)(H,22,25,26). The van der Waals surface area contributed by atoms with Crippen molar-refractivity contribution in [2.45, 2.75) is 6.43 Å². The summed E-state index contributed by atoms with van der Waals surface area (Å²) in [5.74, 6) is -1.10. The number of nitrogens with zero attached hydrogens (tertiary/aromatic N) is 2. The molecule has 0 bridgehead atoms. The molecular weight excluding hydrogens is 377 g/mol. The van der Waals surface area contributed by atoms with E-state index in [1.807, 2.05) is 0 Å². The van der Waals surface area contributed by atoms with Crippen molar-refractivity contribution in [3.8, 4) is 11.4 Å². The van der Waals surface area contributed by atoms with Crippen LogP contribution >= 0.6 is 11.3 Å². The Morgan fingerprint density at radius 1 is 1.22 bits per heavy atom. The zero-order valence-corrected chi connectivity index (χ0v) is 14.4. The molecule has 1 amide bonds. The lowest BCUT2D eigenvalue weighted by Crippen LogP contribution is -2.12. The lowest BCUT2D eigenvalue weighted by atomic mass is 10.1. The molecule has 0 aliphatic heterocycles. The summed E-state index contributed by atoms with van der Waals surface area (Å²) in [6, 6.07) is 8.10. The number of carbonyl (C=O) groups is 1. The van der Waals surface area contributed by atoms with Crippen LogP contribution < -0.4 is 5.32 Å². The monoisotopic (exact) mass is 388 g/mol. The topological polar surface area (TPSA) is 70.7 Å². The van der Waals surface area contributed by atoms with E-state index in [4.69, 9.17) is 0 Å². The number of benzene rings is 2. The molecule has 0 aliphatic rings. The summed E-state index contributed by atoms with van der Waals surface area (Å²) in [6.45, 7) is 0. The molecule has 0 saturated heterocycles. The van der Waals surface area contributed by atoms with Gasteiger partial charge in [-0.15, -0.1) is 11.3 Å². The summed E-state index contributed by atoms with van der Waals surface area (Å²) in [6.07, 6.45) is -1.17. The van der Waals surface area contributed by atoms with E-state index in [0.29, 0.717) is 5.13 Å². The molecule has 0 fully saturated rings. The maximum atomic E-state index is 14.0. The Morgan fingerprint density at radius 2 is 2.04 bits per heavy atom. The van der Waals surface area contributed by atoms with Gasteiger partial charge in [0.1, 0.15) is 17.2 Å². The van der Waals surface area contributed by atoms with Gasteiger partial charge in [-0.2, -0.15) is 0 Å². The second kappa shape index (κ2) is 6.84. The molecular formula is C18H11F3N4OS. The van der Waals surface area contributed by atoms with Gasteiger partial charge in [0.2, 0.25) is 0 Å². The number of aromatic nitrogens is 3. The maximum absolute atomic E-state index is 14.0. The van der Waals surface area contributed by atoms with Crippen LogP contribution in [-0.2, 0) is 0 Å². The SMILES string of the molecule is O=C(Nc1nccs1)c1cc(F)cc2[nH]c(-c3ccccc3C(F)F)nc12. The molecule has 136 valence electrons. The molecule has 0 radical (unpaired) electrons. The average Bonchev–Trinajstić information content (AvgIpc) is 3.30. The smallest absolute Gasteiger partial charge is 0.264 e. The zero-order chi connectivity index (χ0) is 19.0. The van der Waals surface area contributed by atoms with Crippen LogP contribution in [0.25, 0.3) is 22.4 Å². The second-order valence-corrected chi connectivity index (χ2v) is 6.51. The van der Waals surface area contributed by atoms with Gasteiger partial charge in [0.15, 0.2) is 5.13 Å². The van der Waals surface area contributed by atoms with Crippen LogP contribution in [0.5, 0.6) is 0 Å². The van der Waals surface area contributed by atoms with Crippen molar-refractivity contribution in [2.24, 2.45) is 0 Å². The molecule has 5 nitrogen and oxygen atoms in total. The number of halogens is 3. The first-order valence-corrected chi connectivity index (χ1v) is 8.68. The number of aromatic amines is 1. The van der Waals surface area contributed by atoms with Gasteiger partial charge in [0.25, 0.3) is 12.3 Å². The second-order valence-electron chi connectivity index (χ2n) is 5.61. The normalized spacial score (nSPS) is 11.3. The lowest BCUT2D eigenvalue weighted by molar-refractivity contribution is 0.102. The minimum atomic E-state index is -2.70. The highest BCUT2D eigenvalue weighted by Crippen LogP contribution is 2.31. The Morgan fingerprint density at radius 3 is 2.78 bits per heavy atom. The summed E-state index contributed by atoms with van der Waals surface area (Å²) in [4.78, 5) is 23.6. The third kappa shape index (κ3) is 3.28. The van der Waals surface area contributed by atoms with Gasteiger partial charge >= 0.3 is 0 Å². The minimum absolute atomic E-state index is 0.0165. The van der Waals surface area contributed by atoms with Crippen molar-refractivity contribution in [3.63, 3.8) is 0 Å². The first-order valence-electron chi connectivity index (χ1n) is 7.80. The van der Waals surface area contributed by atoms with E-state index in [0.717, 1.165) is 12.1 Å². The number of amides is 1. The number of hydrogen-bond donors (Lipinski definition) is 2. The fraction of sp³-hybridized carbons (Fsp3) is 0.0556. The van der Waals surface area contributed by atoms with E-state index in [9.17, 15) is 18.0 Å². The molecule has 0 atom stereocenters. The third-order valence-electron chi connectivity index (χ3n) is 3.90. The van der Waals surface area contributed by atoms with Gasteiger partial charge in [0, 0.05) is 22.7 Å². The first kappa shape index (κ1) is 17.2. The van der Waals surface area contributed by atoms with Gasteiger partial charge in [-0.05, 0) is 12.1 Å². The minimum Gasteiger partial charge on any atom is -0.338 e. The number of alkyl halides is 2. The van der Waals surface area contributed by atoms with Gasteiger partial charge in [-0.1, -0.05) is 24.3 Å². The van der Waals surface area contributed by atoms with Crippen LogP contribution in [0.3, 0.4) is 0 Å². The third-order valence-corrected chi connectivity index (χ3v) is 4.59. The Hall–Kier alpha value is -3.20. The summed E-state index contributed by atoms with van der Waals surface area (Å²) in [5.41, 5.74) is 0.390. The van der Waals surface area contributed by atoms with Gasteiger partial charge < -0.3 is 4.98 Å². The molecule has 27 heavy (non-hydrogen) atoms. The molecule has 9 heteroatoms. The Labute approximate surface area is 154 Å². The van der Waals surface area contributed by atoms with Crippen LogP contribution in [0.2, 0.25) is 0 Å². The highest BCUT2D eigenvalue weighted by molar-refractivity contribution is 7.13. The number of anilines is 1. The number of imidazole rings is 1. The van der Waals surface area contributed by atoms with E-state index in [1.165, 1.54) is 35.7 Å². The van der Waals surface area contributed by atoms with E-state index < -0.39 is 18.1 Å². The van der Waals surface area contributed by atoms with Crippen molar-refractivity contribution in [1.29, 1.82) is 0 Å². The van der Waals surface area contributed by atoms with Crippen LogP contribution in [0.4, 0.5) is 18.3 Å². The number of H-pyrrole nitrogens is 1. The molecule has 2 aromatic carbocycles. The average molecular weight is 388 g/mol.